The second-order valence-electron chi connectivity index (χ2n) is 13.8. The van der Waals surface area contributed by atoms with E-state index in [1.165, 1.54) is 0 Å². The van der Waals surface area contributed by atoms with E-state index in [0.717, 1.165) is 12.0 Å². The van der Waals surface area contributed by atoms with Crippen molar-refractivity contribution >= 4 is 5.97 Å². The Balaban J connectivity index is 1.58. The van der Waals surface area contributed by atoms with Crippen LogP contribution >= 0.6 is 0 Å². The maximum atomic E-state index is 12.8. The summed E-state index contributed by atoms with van der Waals surface area (Å²) in [5, 5.41) is 86.1. The fraction of sp³-hybridized carbons (Fsp3) is 0.893. The van der Waals surface area contributed by atoms with Crippen LogP contribution in [0.3, 0.4) is 0 Å². The van der Waals surface area contributed by atoms with Crippen molar-refractivity contribution in [3.05, 3.63) is 11.6 Å². The molecule has 4 saturated carbocycles. The van der Waals surface area contributed by atoms with Gasteiger partial charge in [0.25, 0.3) is 0 Å². The SMILES string of the molecule is CC1(C)CC2C3=CCC4C5C[C@H](O)[C@H](O)C(CO)(CO)C5CCC4[C@]3(C)C[C@@H](O)[C@@]2(C(=O)O)[C@@H](O)[C@@H]1O. The van der Waals surface area contributed by atoms with Crippen LogP contribution in [0.5, 0.6) is 0 Å². The fourth-order valence-corrected chi connectivity index (χ4v) is 10.1. The first-order valence-electron chi connectivity index (χ1n) is 13.8. The van der Waals surface area contributed by atoms with Crippen LogP contribution in [0.1, 0.15) is 59.3 Å². The minimum absolute atomic E-state index is 0.0513. The number of allylic oxidation sites excluding steroid dienone is 2. The summed E-state index contributed by atoms with van der Waals surface area (Å²) >= 11 is 0. The third kappa shape index (κ3) is 3.31. The summed E-state index contributed by atoms with van der Waals surface area (Å²) in [5.41, 5.74) is -3.43. The first kappa shape index (κ1) is 27.5. The quantitative estimate of drug-likeness (QED) is 0.241. The molecule has 0 aliphatic heterocycles. The molecule has 5 rings (SSSR count). The Bertz CT molecular complexity index is 959. The lowest BCUT2D eigenvalue weighted by Crippen LogP contribution is -2.71. The lowest BCUT2D eigenvalue weighted by Gasteiger charge is -2.66. The highest BCUT2D eigenvalue weighted by molar-refractivity contribution is 5.79. The van der Waals surface area contributed by atoms with E-state index < -0.39 is 77.3 Å². The normalized spacial score (nSPS) is 52.1. The van der Waals surface area contributed by atoms with Gasteiger partial charge in [-0.3, -0.25) is 4.79 Å². The molecule has 0 spiro atoms. The van der Waals surface area contributed by atoms with E-state index in [4.69, 9.17) is 0 Å². The third-order valence-corrected chi connectivity index (χ3v) is 12.1. The van der Waals surface area contributed by atoms with Gasteiger partial charge in [-0.25, -0.2) is 0 Å². The molecule has 0 heterocycles. The Hall–Kier alpha value is -1.07. The maximum absolute atomic E-state index is 12.8. The Kier molecular flexibility index (Phi) is 6.48. The number of aliphatic carboxylic acids is 1. The van der Waals surface area contributed by atoms with E-state index in [1.54, 1.807) is 0 Å². The highest BCUT2D eigenvalue weighted by Crippen LogP contribution is 2.69. The molecule has 0 radical (unpaired) electrons. The summed E-state index contributed by atoms with van der Waals surface area (Å²) in [4.78, 5) is 12.8. The van der Waals surface area contributed by atoms with Crippen molar-refractivity contribution in [1.82, 2.24) is 0 Å². The molecule has 8 N–H and O–H groups in total. The summed E-state index contributed by atoms with van der Waals surface area (Å²) in [5.74, 6) is -2.01. The molecule has 210 valence electrons. The lowest BCUT2D eigenvalue weighted by atomic mass is 9.39. The molecule has 0 amide bonds. The molecule has 0 bridgehead atoms. The van der Waals surface area contributed by atoms with Crippen LogP contribution in [-0.2, 0) is 4.79 Å². The van der Waals surface area contributed by atoms with Crippen LogP contribution in [0, 0.1) is 51.2 Å². The van der Waals surface area contributed by atoms with Gasteiger partial charge < -0.3 is 40.9 Å². The summed E-state index contributed by atoms with van der Waals surface area (Å²) in [7, 11) is 0. The Morgan fingerprint density at radius 3 is 2.11 bits per heavy atom. The number of aliphatic hydroxyl groups excluding tert-OH is 7. The number of hydrogen-bond donors (Lipinski definition) is 8. The summed E-state index contributed by atoms with van der Waals surface area (Å²) in [6.45, 7) is 4.88. The molecule has 4 fully saturated rings. The number of hydrogen-bond acceptors (Lipinski definition) is 8. The monoisotopic (exact) mass is 524 g/mol. The van der Waals surface area contributed by atoms with Crippen LogP contribution < -0.4 is 0 Å². The van der Waals surface area contributed by atoms with Gasteiger partial charge >= 0.3 is 5.97 Å². The lowest BCUT2D eigenvalue weighted by molar-refractivity contribution is -0.240. The van der Waals surface area contributed by atoms with E-state index in [2.05, 4.69) is 13.0 Å². The van der Waals surface area contributed by atoms with Crippen molar-refractivity contribution < 1.29 is 45.6 Å². The average molecular weight is 525 g/mol. The fourth-order valence-electron chi connectivity index (χ4n) is 10.1. The summed E-state index contributed by atoms with van der Waals surface area (Å²) in [6, 6.07) is 0. The second-order valence-corrected chi connectivity index (χ2v) is 13.8. The van der Waals surface area contributed by atoms with Gasteiger partial charge in [0.05, 0.1) is 43.7 Å². The summed E-state index contributed by atoms with van der Waals surface area (Å²) in [6.07, 6.45) is -1.66. The molecule has 9 nitrogen and oxygen atoms in total. The molecule has 0 aromatic carbocycles. The molecule has 9 heteroatoms. The molecule has 5 aliphatic rings. The standard InChI is InChI=1S/C28H44O9/c1-25(2)9-18-17-5-4-13-14-8-19(31)21(33)27(11-29,12-30)16(14)7-6-15(13)26(17,3)10-20(32)28(18,24(36)37)23(35)22(25)34/h5,13-16,18-23,29-35H,4,6-12H2,1-3H3,(H,36,37)/t13?,14?,15?,16?,18?,19-,20+,21-,22-,23-,26-,28+/m0/s1. The molecule has 12 atom stereocenters. The molecule has 5 unspecified atom stereocenters. The maximum Gasteiger partial charge on any atom is 0.315 e. The predicted molar refractivity (Wildman–Crippen MR) is 132 cm³/mol. The van der Waals surface area contributed by atoms with E-state index in [0.29, 0.717) is 25.7 Å². The van der Waals surface area contributed by atoms with Gasteiger partial charge in [-0.05, 0) is 73.0 Å². The van der Waals surface area contributed by atoms with E-state index in [1.807, 2.05) is 13.8 Å². The van der Waals surface area contributed by atoms with Crippen LogP contribution in [0.15, 0.2) is 11.6 Å². The van der Waals surface area contributed by atoms with Crippen LogP contribution in [-0.4, -0.2) is 90.6 Å². The minimum Gasteiger partial charge on any atom is -0.481 e. The van der Waals surface area contributed by atoms with Crippen LogP contribution in [0.2, 0.25) is 0 Å². The topological polar surface area (TPSA) is 179 Å². The van der Waals surface area contributed by atoms with Gasteiger partial charge in [0.1, 0.15) is 5.41 Å². The molecule has 5 aliphatic carbocycles. The second kappa shape index (κ2) is 8.71. The predicted octanol–water partition coefficient (Wildman–Crippen LogP) is 0.281. The molecular weight excluding hydrogens is 480 g/mol. The smallest absolute Gasteiger partial charge is 0.315 e. The van der Waals surface area contributed by atoms with E-state index in [-0.39, 0.29) is 30.1 Å². The first-order chi connectivity index (χ1) is 17.2. The van der Waals surface area contributed by atoms with Crippen molar-refractivity contribution in [2.75, 3.05) is 13.2 Å². The molecule has 0 saturated heterocycles. The Labute approximate surface area is 217 Å². The molecule has 0 aromatic rings. The number of carbonyl (C=O) groups is 1. The Morgan fingerprint density at radius 2 is 1.51 bits per heavy atom. The largest absolute Gasteiger partial charge is 0.481 e. The zero-order chi connectivity index (χ0) is 27.3. The van der Waals surface area contributed by atoms with Crippen LogP contribution in [0.25, 0.3) is 0 Å². The third-order valence-electron chi connectivity index (χ3n) is 12.1. The van der Waals surface area contributed by atoms with Crippen molar-refractivity contribution in [1.29, 1.82) is 0 Å². The van der Waals surface area contributed by atoms with Gasteiger partial charge in [0, 0.05) is 11.3 Å². The van der Waals surface area contributed by atoms with Crippen molar-refractivity contribution in [2.45, 2.75) is 89.8 Å². The number of aliphatic hydroxyl groups is 7. The Morgan fingerprint density at radius 1 is 0.892 bits per heavy atom. The highest BCUT2D eigenvalue weighted by Gasteiger charge is 2.71. The number of carboxylic acid groups (broad SMARTS) is 1. The molecule has 37 heavy (non-hydrogen) atoms. The van der Waals surface area contributed by atoms with Gasteiger partial charge in [-0.2, -0.15) is 0 Å². The zero-order valence-corrected chi connectivity index (χ0v) is 22.0. The van der Waals surface area contributed by atoms with E-state index >= 15 is 0 Å². The summed E-state index contributed by atoms with van der Waals surface area (Å²) < 4.78 is 0. The zero-order valence-electron chi connectivity index (χ0n) is 22.0. The van der Waals surface area contributed by atoms with Gasteiger partial charge in [-0.15, -0.1) is 0 Å². The van der Waals surface area contributed by atoms with Gasteiger partial charge in [0.15, 0.2) is 0 Å². The first-order valence-corrected chi connectivity index (χ1v) is 13.8. The van der Waals surface area contributed by atoms with Crippen molar-refractivity contribution in [2.24, 2.45) is 51.2 Å². The number of rotatable bonds is 3. The van der Waals surface area contributed by atoms with Gasteiger partial charge in [-0.1, -0.05) is 32.4 Å². The minimum atomic E-state index is -1.89. The van der Waals surface area contributed by atoms with Crippen molar-refractivity contribution in [3.8, 4) is 0 Å². The van der Waals surface area contributed by atoms with E-state index in [9.17, 15) is 45.6 Å². The molecular formula is C28H44O9. The number of carboxylic acids is 1. The van der Waals surface area contributed by atoms with Gasteiger partial charge in [0.2, 0.25) is 0 Å². The van der Waals surface area contributed by atoms with Crippen LogP contribution in [0.4, 0.5) is 0 Å². The van der Waals surface area contributed by atoms with Crippen molar-refractivity contribution in [3.63, 3.8) is 0 Å². The average Bonchev–Trinajstić information content (AvgIpc) is 2.83. The highest BCUT2D eigenvalue weighted by atomic mass is 16.4. The molecule has 0 aromatic heterocycles. The number of fused-ring (bicyclic) bond motifs is 7.